The molecule has 1 rings (SSSR count). The molecule has 1 fully saturated rings. The monoisotopic (exact) mass is 256 g/mol. The zero-order chi connectivity index (χ0) is 13.6. The van der Waals surface area contributed by atoms with Crippen molar-refractivity contribution < 1.29 is 14.7 Å². The third kappa shape index (κ3) is 3.98. The molecular formula is C13H24N2O3. The first-order valence-electron chi connectivity index (χ1n) is 6.78. The van der Waals surface area contributed by atoms with Crippen molar-refractivity contribution >= 4 is 11.9 Å². The van der Waals surface area contributed by atoms with Crippen LogP contribution in [-0.4, -0.2) is 35.1 Å². The fourth-order valence-electron chi connectivity index (χ4n) is 2.56. The van der Waals surface area contributed by atoms with Crippen LogP contribution in [0.2, 0.25) is 0 Å². The molecule has 1 saturated carbocycles. The molecule has 0 heterocycles. The van der Waals surface area contributed by atoms with Gasteiger partial charge in [-0.2, -0.15) is 0 Å². The fourth-order valence-corrected chi connectivity index (χ4v) is 2.56. The molecule has 3 N–H and O–H groups in total. The lowest BCUT2D eigenvalue weighted by atomic mass is 9.81. The van der Waals surface area contributed by atoms with Crippen LogP contribution in [0.15, 0.2) is 0 Å². The molecule has 0 bridgehead atoms. The van der Waals surface area contributed by atoms with Crippen molar-refractivity contribution in [3.05, 3.63) is 0 Å². The highest BCUT2D eigenvalue weighted by Crippen LogP contribution is 2.28. The highest BCUT2D eigenvalue weighted by atomic mass is 16.4. The number of amides is 1. The highest BCUT2D eigenvalue weighted by Gasteiger charge is 2.40. The Morgan fingerprint density at radius 1 is 1.28 bits per heavy atom. The summed E-state index contributed by atoms with van der Waals surface area (Å²) in [5.41, 5.74) is -1.03. The van der Waals surface area contributed by atoms with Crippen molar-refractivity contribution in [2.24, 2.45) is 0 Å². The molecule has 1 aliphatic carbocycles. The summed E-state index contributed by atoms with van der Waals surface area (Å²) in [6.07, 6.45) is 4.21. The molecule has 0 aromatic carbocycles. The Labute approximate surface area is 108 Å². The number of carbonyl (C=O) groups is 2. The van der Waals surface area contributed by atoms with Crippen LogP contribution in [0.25, 0.3) is 0 Å². The number of nitrogens with one attached hydrogen (secondary N) is 2. The summed E-state index contributed by atoms with van der Waals surface area (Å²) >= 11 is 0. The molecule has 1 atom stereocenters. The molecule has 1 amide bonds. The van der Waals surface area contributed by atoms with E-state index in [0.717, 1.165) is 25.8 Å². The van der Waals surface area contributed by atoms with E-state index in [4.69, 9.17) is 0 Å². The van der Waals surface area contributed by atoms with E-state index in [9.17, 15) is 14.7 Å². The third-order valence-corrected chi connectivity index (χ3v) is 3.54. The largest absolute Gasteiger partial charge is 0.480 e. The van der Waals surface area contributed by atoms with E-state index >= 15 is 0 Å². The van der Waals surface area contributed by atoms with Gasteiger partial charge in [0.1, 0.15) is 5.54 Å². The maximum Gasteiger partial charge on any atom is 0.329 e. The lowest BCUT2D eigenvalue weighted by Gasteiger charge is -2.34. The standard InChI is InChI=1S/C13H24N2O3/c1-3-14-10(2)9-11(16)15-13(12(17)18)7-5-4-6-8-13/h10,14H,3-9H2,1-2H3,(H,15,16)(H,17,18). The number of carboxylic acid groups (broad SMARTS) is 1. The first-order chi connectivity index (χ1) is 8.50. The van der Waals surface area contributed by atoms with Gasteiger partial charge in [-0.3, -0.25) is 4.79 Å². The fraction of sp³-hybridized carbons (Fsp3) is 0.846. The number of hydrogen-bond donors (Lipinski definition) is 3. The van der Waals surface area contributed by atoms with E-state index in [0.29, 0.717) is 19.3 Å². The Bertz CT molecular complexity index is 299. The first-order valence-corrected chi connectivity index (χ1v) is 6.78. The van der Waals surface area contributed by atoms with Crippen molar-refractivity contribution in [3.8, 4) is 0 Å². The Balaban J connectivity index is 2.55. The van der Waals surface area contributed by atoms with Gasteiger partial charge in [-0.15, -0.1) is 0 Å². The van der Waals surface area contributed by atoms with Crippen LogP contribution in [0.5, 0.6) is 0 Å². The van der Waals surface area contributed by atoms with Crippen LogP contribution in [0.1, 0.15) is 52.4 Å². The predicted octanol–water partition coefficient (Wildman–Crippen LogP) is 1.28. The molecule has 0 aliphatic heterocycles. The van der Waals surface area contributed by atoms with Crippen LogP contribution in [-0.2, 0) is 9.59 Å². The predicted molar refractivity (Wildman–Crippen MR) is 69.4 cm³/mol. The average molecular weight is 256 g/mol. The summed E-state index contributed by atoms with van der Waals surface area (Å²) < 4.78 is 0. The highest BCUT2D eigenvalue weighted by molar-refractivity contribution is 5.87. The number of carbonyl (C=O) groups excluding carboxylic acids is 1. The molecule has 0 saturated heterocycles. The van der Waals surface area contributed by atoms with Gasteiger partial charge in [0.15, 0.2) is 0 Å². The molecule has 0 spiro atoms. The van der Waals surface area contributed by atoms with Crippen molar-refractivity contribution in [1.29, 1.82) is 0 Å². The van der Waals surface area contributed by atoms with Gasteiger partial charge >= 0.3 is 5.97 Å². The molecule has 5 heteroatoms. The van der Waals surface area contributed by atoms with Crippen molar-refractivity contribution in [2.75, 3.05) is 6.54 Å². The minimum Gasteiger partial charge on any atom is -0.480 e. The second-order valence-electron chi connectivity index (χ2n) is 5.16. The topological polar surface area (TPSA) is 78.4 Å². The van der Waals surface area contributed by atoms with Crippen molar-refractivity contribution in [1.82, 2.24) is 10.6 Å². The lowest BCUT2D eigenvalue weighted by molar-refractivity contribution is -0.149. The second kappa shape index (κ2) is 6.73. The van der Waals surface area contributed by atoms with Crippen LogP contribution >= 0.6 is 0 Å². The Kier molecular flexibility index (Phi) is 5.59. The third-order valence-electron chi connectivity index (χ3n) is 3.54. The lowest BCUT2D eigenvalue weighted by Crippen LogP contribution is -2.56. The molecule has 0 aromatic heterocycles. The minimum atomic E-state index is -1.03. The van der Waals surface area contributed by atoms with E-state index in [1.165, 1.54) is 0 Å². The molecule has 18 heavy (non-hydrogen) atoms. The first kappa shape index (κ1) is 15.0. The molecule has 1 aliphatic rings. The van der Waals surface area contributed by atoms with E-state index in [1.54, 1.807) is 0 Å². The summed E-state index contributed by atoms with van der Waals surface area (Å²) in [7, 11) is 0. The van der Waals surface area contributed by atoms with Gasteiger partial charge in [0, 0.05) is 12.5 Å². The summed E-state index contributed by atoms with van der Waals surface area (Å²) in [5, 5.41) is 15.2. The maximum atomic E-state index is 11.9. The Morgan fingerprint density at radius 3 is 2.39 bits per heavy atom. The molecule has 1 unspecified atom stereocenters. The summed E-state index contributed by atoms with van der Waals surface area (Å²) in [5.74, 6) is -1.07. The van der Waals surface area contributed by atoms with Gasteiger partial charge in [-0.1, -0.05) is 26.2 Å². The van der Waals surface area contributed by atoms with E-state index in [-0.39, 0.29) is 11.9 Å². The van der Waals surface area contributed by atoms with Gasteiger partial charge in [-0.05, 0) is 26.3 Å². The summed E-state index contributed by atoms with van der Waals surface area (Å²) in [6.45, 7) is 4.71. The summed E-state index contributed by atoms with van der Waals surface area (Å²) in [4.78, 5) is 23.3. The normalized spacial score (nSPS) is 20.1. The van der Waals surface area contributed by atoms with Crippen LogP contribution in [0, 0.1) is 0 Å². The van der Waals surface area contributed by atoms with Crippen molar-refractivity contribution in [3.63, 3.8) is 0 Å². The summed E-state index contributed by atoms with van der Waals surface area (Å²) in [6, 6.07) is 0.0736. The van der Waals surface area contributed by atoms with E-state index in [1.807, 2.05) is 13.8 Å². The number of hydrogen-bond acceptors (Lipinski definition) is 3. The SMILES string of the molecule is CCNC(C)CC(=O)NC1(C(=O)O)CCCCC1. The van der Waals surface area contributed by atoms with Crippen LogP contribution in [0.3, 0.4) is 0 Å². The minimum absolute atomic E-state index is 0.0736. The molecule has 104 valence electrons. The Hall–Kier alpha value is -1.10. The van der Waals surface area contributed by atoms with Crippen LogP contribution < -0.4 is 10.6 Å². The zero-order valence-corrected chi connectivity index (χ0v) is 11.3. The molecular weight excluding hydrogens is 232 g/mol. The average Bonchev–Trinajstić information content (AvgIpc) is 2.29. The number of carboxylic acids is 1. The van der Waals surface area contributed by atoms with Gasteiger partial charge in [-0.25, -0.2) is 4.79 Å². The van der Waals surface area contributed by atoms with E-state index in [2.05, 4.69) is 10.6 Å². The number of rotatable bonds is 6. The maximum absolute atomic E-state index is 11.9. The van der Waals surface area contributed by atoms with Gasteiger partial charge in [0.2, 0.25) is 5.91 Å². The van der Waals surface area contributed by atoms with E-state index < -0.39 is 11.5 Å². The second-order valence-corrected chi connectivity index (χ2v) is 5.16. The van der Waals surface area contributed by atoms with Gasteiger partial charge in [0.25, 0.3) is 0 Å². The number of aliphatic carboxylic acids is 1. The smallest absolute Gasteiger partial charge is 0.329 e. The van der Waals surface area contributed by atoms with Gasteiger partial charge in [0.05, 0.1) is 0 Å². The Morgan fingerprint density at radius 2 is 1.89 bits per heavy atom. The zero-order valence-electron chi connectivity index (χ0n) is 11.3. The van der Waals surface area contributed by atoms with Crippen LogP contribution in [0.4, 0.5) is 0 Å². The molecule has 0 aromatic rings. The van der Waals surface area contributed by atoms with Crippen molar-refractivity contribution in [2.45, 2.75) is 64.0 Å². The molecule has 0 radical (unpaired) electrons. The van der Waals surface area contributed by atoms with Gasteiger partial charge < -0.3 is 15.7 Å². The quantitative estimate of drug-likeness (QED) is 0.669. The molecule has 5 nitrogen and oxygen atoms in total.